The summed E-state index contributed by atoms with van der Waals surface area (Å²) in [7, 11) is -3.71. The molecule has 0 radical (unpaired) electrons. The minimum Gasteiger partial charge on any atom is -0.295 e. The minimum absolute atomic E-state index is 0.0897. The first-order valence-electron chi connectivity index (χ1n) is 6.20. The Kier molecular flexibility index (Phi) is 4.34. The van der Waals surface area contributed by atoms with Crippen LogP contribution in [0.1, 0.15) is 22.8 Å². The van der Waals surface area contributed by atoms with Crippen molar-refractivity contribution in [3.63, 3.8) is 0 Å². The number of hydrogen-bond acceptors (Lipinski definition) is 3. The molecule has 110 valence electrons. The monoisotopic (exact) mass is 323 g/mol. The summed E-state index contributed by atoms with van der Waals surface area (Å²) >= 11 is 5.97. The van der Waals surface area contributed by atoms with Crippen LogP contribution in [0.25, 0.3) is 0 Å². The van der Waals surface area contributed by atoms with Crippen LogP contribution < -0.4 is 4.72 Å². The van der Waals surface area contributed by atoms with Crippen LogP contribution in [0.2, 0.25) is 5.02 Å². The maximum Gasteiger partial charge on any atom is 0.261 e. The third kappa shape index (κ3) is 3.43. The van der Waals surface area contributed by atoms with Gasteiger partial charge in [-0.25, -0.2) is 8.42 Å². The van der Waals surface area contributed by atoms with E-state index in [1.807, 2.05) is 0 Å². The van der Waals surface area contributed by atoms with Crippen molar-refractivity contribution < 1.29 is 13.2 Å². The summed E-state index contributed by atoms with van der Waals surface area (Å²) in [6, 6.07) is 10.8. The molecular weight excluding hydrogens is 310 g/mol. The highest BCUT2D eigenvalue weighted by molar-refractivity contribution is 7.92. The molecule has 0 spiro atoms. The van der Waals surface area contributed by atoms with Crippen molar-refractivity contribution in [2.45, 2.75) is 18.7 Å². The normalized spacial score (nSPS) is 11.2. The third-order valence-corrected chi connectivity index (χ3v) is 4.87. The smallest absolute Gasteiger partial charge is 0.261 e. The van der Waals surface area contributed by atoms with Gasteiger partial charge in [0.15, 0.2) is 5.78 Å². The molecule has 0 unspecified atom stereocenters. The predicted molar refractivity (Wildman–Crippen MR) is 83.4 cm³/mol. The molecule has 0 aliphatic rings. The van der Waals surface area contributed by atoms with E-state index in [1.165, 1.54) is 31.2 Å². The molecule has 0 fully saturated rings. The number of carbonyl (C=O) groups is 1. The van der Waals surface area contributed by atoms with Gasteiger partial charge in [0.2, 0.25) is 0 Å². The molecule has 0 atom stereocenters. The molecule has 2 aromatic rings. The summed E-state index contributed by atoms with van der Waals surface area (Å²) in [6.45, 7) is 3.16. The Balaban J connectivity index is 2.34. The van der Waals surface area contributed by atoms with Gasteiger partial charge in [0.25, 0.3) is 10.0 Å². The van der Waals surface area contributed by atoms with E-state index in [-0.39, 0.29) is 10.7 Å². The van der Waals surface area contributed by atoms with Crippen molar-refractivity contribution in [1.82, 2.24) is 0 Å². The Morgan fingerprint density at radius 2 is 1.71 bits per heavy atom. The van der Waals surface area contributed by atoms with Crippen molar-refractivity contribution in [2.75, 3.05) is 4.72 Å². The molecule has 0 saturated heterocycles. The second-order valence-electron chi connectivity index (χ2n) is 4.60. The summed E-state index contributed by atoms with van der Waals surface area (Å²) < 4.78 is 27.1. The van der Waals surface area contributed by atoms with E-state index in [4.69, 9.17) is 11.6 Å². The van der Waals surface area contributed by atoms with E-state index < -0.39 is 10.0 Å². The molecule has 0 saturated carbocycles. The number of sulfonamides is 1. The highest BCUT2D eigenvalue weighted by Crippen LogP contribution is 2.25. The first-order chi connectivity index (χ1) is 9.81. The van der Waals surface area contributed by atoms with E-state index in [1.54, 1.807) is 25.1 Å². The van der Waals surface area contributed by atoms with Crippen LogP contribution in [0.4, 0.5) is 5.69 Å². The van der Waals surface area contributed by atoms with Crippen LogP contribution >= 0.6 is 11.6 Å². The van der Waals surface area contributed by atoms with Gasteiger partial charge in [-0.15, -0.1) is 0 Å². The van der Waals surface area contributed by atoms with Crippen LogP contribution in [0.15, 0.2) is 47.4 Å². The lowest BCUT2D eigenvalue weighted by Crippen LogP contribution is -2.14. The second kappa shape index (κ2) is 5.87. The number of rotatable bonds is 4. The lowest BCUT2D eigenvalue weighted by Gasteiger charge is -2.11. The quantitative estimate of drug-likeness (QED) is 0.873. The van der Waals surface area contributed by atoms with Gasteiger partial charge in [-0.2, -0.15) is 0 Å². The van der Waals surface area contributed by atoms with Crippen LogP contribution in [0, 0.1) is 6.92 Å². The molecule has 6 heteroatoms. The maximum absolute atomic E-state index is 12.3. The average molecular weight is 324 g/mol. The van der Waals surface area contributed by atoms with Crippen LogP contribution in [0.5, 0.6) is 0 Å². The Labute approximate surface area is 128 Å². The van der Waals surface area contributed by atoms with Crippen LogP contribution in [0.3, 0.4) is 0 Å². The lowest BCUT2D eigenvalue weighted by atomic mass is 10.2. The first-order valence-corrected chi connectivity index (χ1v) is 8.06. The number of carbonyl (C=O) groups excluding carboxylic acids is 1. The maximum atomic E-state index is 12.3. The zero-order valence-electron chi connectivity index (χ0n) is 11.6. The molecule has 0 aromatic heterocycles. The number of ketones is 1. The Bertz CT molecular complexity index is 783. The SMILES string of the molecule is CC(=O)c1ccc(S(=O)(=O)Nc2cccc(Cl)c2C)cc1. The fourth-order valence-corrected chi connectivity index (χ4v) is 3.09. The van der Waals surface area contributed by atoms with Gasteiger partial charge in [-0.05, 0) is 43.7 Å². The largest absolute Gasteiger partial charge is 0.295 e. The Morgan fingerprint density at radius 3 is 2.29 bits per heavy atom. The Morgan fingerprint density at radius 1 is 1.10 bits per heavy atom. The van der Waals surface area contributed by atoms with Gasteiger partial charge in [-0.3, -0.25) is 9.52 Å². The molecule has 0 heterocycles. The molecule has 2 aromatic carbocycles. The highest BCUT2D eigenvalue weighted by atomic mass is 35.5. The molecule has 0 aliphatic heterocycles. The number of Topliss-reactive ketones (excluding diaryl/α,β-unsaturated/α-hetero) is 1. The number of halogens is 1. The van der Waals surface area contributed by atoms with E-state index >= 15 is 0 Å². The van der Waals surface area contributed by atoms with Gasteiger partial charge in [0, 0.05) is 10.6 Å². The molecule has 1 N–H and O–H groups in total. The zero-order valence-corrected chi connectivity index (χ0v) is 13.1. The summed E-state index contributed by atoms with van der Waals surface area (Å²) in [5.41, 5.74) is 1.55. The summed E-state index contributed by atoms with van der Waals surface area (Å²) in [5, 5.41) is 0.488. The third-order valence-electron chi connectivity index (χ3n) is 3.08. The summed E-state index contributed by atoms with van der Waals surface area (Å²) in [4.78, 5) is 11.3. The summed E-state index contributed by atoms with van der Waals surface area (Å²) in [6.07, 6.45) is 0. The fourth-order valence-electron chi connectivity index (χ4n) is 1.79. The van der Waals surface area contributed by atoms with Gasteiger partial charge in [-0.1, -0.05) is 29.8 Å². The van der Waals surface area contributed by atoms with Crippen molar-refractivity contribution in [3.05, 3.63) is 58.6 Å². The number of hydrogen-bond donors (Lipinski definition) is 1. The molecule has 2 rings (SSSR count). The summed E-state index contributed by atoms with van der Waals surface area (Å²) in [5.74, 6) is -0.113. The molecule has 4 nitrogen and oxygen atoms in total. The second-order valence-corrected chi connectivity index (χ2v) is 6.69. The average Bonchev–Trinajstić information content (AvgIpc) is 2.44. The standard InChI is InChI=1S/C15H14ClNO3S/c1-10-14(16)4-3-5-15(10)17-21(19,20)13-8-6-12(7-9-13)11(2)18/h3-9,17H,1-2H3. The molecule has 21 heavy (non-hydrogen) atoms. The van der Waals surface area contributed by atoms with E-state index in [0.29, 0.717) is 21.8 Å². The topological polar surface area (TPSA) is 63.2 Å². The van der Waals surface area contributed by atoms with Crippen LogP contribution in [-0.2, 0) is 10.0 Å². The van der Waals surface area contributed by atoms with Gasteiger partial charge in [0.05, 0.1) is 10.6 Å². The van der Waals surface area contributed by atoms with Crippen molar-refractivity contribution in [2.24, 2.45) is 0 Å². The number of anilines is 1. The number of benzene rings is 2. The van der Waals surface area contributed by atoms with E-state index in [2.05, 4.69) is 4.72 Å². The van der Waals surface area contributed by atoms with Crippen molar-refractivity contribution in [1.29, 1.82) is 0 Å². The van der Waals surface area contributed by atoms with E-state index in [9.17, 15) is 13.2 Å². The highest BCUT2D eigenvalue weighted by Gasteiger charge is 2.16. The van der Waals surface area contributed by atoms with Gasteiger partial charge in [0.1, 0.15) is 0 Å². The Hall–Kier alpha value is -1.85. The minimum atomic E-state index is -3.71. The molecule has 0 aliphatic carbocycles. The van der Waals surface area contributed by atoms with Gasteiger partial charge >= 0.3 is 0 Å². The first kappa shape index (κ1) is 15.5. The van der Waals surface area contributed by atoms with Gasteiger partial charge < -0.3 is 0 Å². The lowest BCUT2D eigenvalue weighted by molar-refractivity contribution is 0.101. The van der Waals surface area contributed by atoms with Crippen molar-refractivity contribution >= 4 is 33.1 Å². The molecule has 0 amide bonds. The molecular formula is C15H14ClNO3S. The fraction of sp³-hybridized carbons (Fsp3) is 0.133. The number of nitrogens with one attached hydrogen (secondary N) is 1. The predicted octanol–water partition coefficient (Wildman–Crippen LogP) is 3.65. The van der Waals surface area contributed by atoms with E-state index in [0.717, 1.165) is 0 Å². The van der Waals surface area contributed by atoms with Crippen LogP contribution in [-0.4, -0.2) is 14.2 Å². The molecule has 0 bridgehead atoms. The zero-order chi connectivity index (χ0) is 15.6. The van der Waals surface area contributed by atoms with Crippen molar-refractivity contribution in [3.8, 4) is 0 Å².